The van der Waals surface area contributed by atoms with E-state index in [0.717, 1.165) is 48.1 Å². The number of para-hydroxylation sites is 1. The molecule has 0 spiro atoms. The maximum Gasteiger partial charge on any atom is 0.410 e. The van der Waals surface area contributed by atoms with E-state index in [2.05, 4.69) is 55.1 Å². The Kier molecular flexibility index (Phi) is 8.61. The summed E-state index contributed by atoms with van der Waals surface area (Å²) in [4.78, 5) is 41.4. The predicted octanol–water partition coefficient (Wildman–Crippen LogP) is 7.94. The van der Waals surface area contributed by atoms with E-state index in [1.165, 1.54) is 5.56 Å². The Hall–Kier alpha value is -3.91. The molecule has 0 radical (unpaired) electrons. The van der Waals surface area contributed by atoms with Crippen molar-refractivity contribution in [2.45, 2.75) is 97.8 Å². The molecule has 1 fully saturated rings. The molecular formula is C37H44ClN5O3. The number of ether oxygens (including phenoxy) is 1. The van der Waals surface area contributed by atoms with Gasteiger partial charge in [0.2, 0.25) is 0 Å². The summed E-state index contributed by atoms with van der Waals surface area (Å²) in [7, 11) is 0. The van der Waals surface area contributed by atoms with Crippen molar-refractivity contribution in [1.29, 1.82) is 0 Å². The highest BCUT2D eigenvalue weighted by Gasteiger charge is 2.36. The zero-order chi connectivity index (χ0) is 32.9. The second kappa shape index (κ2) is 12.4. The molecule has 2 aromatic heterocycles. The maximum absolute atomic E-state index is 14.4. The van der Waals surface area contributed by atoms with Crippen LogP contribution in [0, 0.1) is 0 Å². The first-order valence-electron chi connectivity index (χ1n) is 16.4. The zero-order valence-electron chi connectivity index (χ0n) is 27.9. The van der Waals surface area contributed by atoms with Crippen LogP contribution in [0.4, 0.5) is 10.6 Å². The number of carbonyl (C=O) groups is 1. The number of hydrogen-bond acceptors (Lipinski definition) is 6. The Morgan fingerprint density at radius 2 is 1.65 bits per heavy atom. The number of benzene rings is 2. The van der Waals surface area contributed by atoms with Crippen molar-refractivity contribution in [1.82, 2.24) is 19.4 Å². The molecule has 46 heavy (non-hydrogen) atoms. The van der Waals surface area contributed by atoms with E-state index >= 15 is 0 Å². The van der Waals surface area contributed by atoms with Crippen LogP contribution >= 0.6 is 11.6 Å². The molecule has 2 aliphatic rings. The number of aryl methyl sites for hydroxylation is 2. The summed E-state index contributed by atoms with van der Waals surface area (Å²) in [6.45, 7) is 14.9. The lowest BCUT2D eigenvalue weighted by molar-refractivity contribution is 0.0130. The number of aromatic nitrogens is 3. The van der Waals surface area contributed by atoms with E-state index in [1.807, 2.05) is 46.8 Å². The molecule has 1 amide bonds. The average molecular weight is 642 g/mol. The Labute approximate surface area is 276 Å². The number of hydrogen-bond donors (Lipinski definition) is 0. The van der Waals surface area contributed by atoms with Crippen LogP contribution in [0.3, 0.4) is 0 Å². The fourth-order valence-electron chi connectivity index (χ4n) is 6.86. The number of pyridine rings is 1. The highest BCUT2D eigenvalue weighted by atomic mass is 35.5. The van der Waals surface area contributed by atoms with Gasteiger partial charge in [-0.15, -0.1) is 0 Å². The molecule has 4 aromatic rings. The Balaban J connectivity index is 1.59. The van der Waals surface area contributed by atoms with Crippen molar-refractivity contribution >= 4 is 34.5 Å². The lowest BCUT2D eigenvalue weighted by Crippen LogP contribution is -2.59. The zero-order valence-corrected chi connectivity index (χ0v) is 28.7. The number of amides is 1. The van der Waals surface area contributed by atoms with Crippen molar-refractivity contribution in [3.63, 3.8) is 0 Å². The molecule has 0 unspecified atom stereocenters. The van der Waals surface area contributed by atoms with Crippen molar-refractivity contribution in [3.05, 3.63) is 80.7 Å². The molecule has 2 atom stereocenters. The number of halogens is 1. The number of nitrogens with zero attached hydrogens (tertiary/aromatic N) is 5. The van der Waals surface area contributed by atoms with E-state index in [0.29, 0.717) is 40.7 Å². The Morgan fingerprint density at radius 3 is 2.37 bits per heavy atom. The Morgan fingerprint density at radius 1 is 0.957 bits per heavy atom. The van der Waals surface area contributed by atoms with E-state index in [1.54, 1.807) is 9.47 Å². The molecule has 0 N–H and O–H groups in total. The van der Waals surface area contributed by atoms with Crippen LogP contribution in [0.25, 0.3) is 28.0 Å². The first kappa shape index (κ1) is 32.0. The van der Waals surface area contributed by atoms with Gasteiger partial charge in [-0.1, -0.05) is 67.9 Å². The third-order valence-electron chi connectivity index (χ3n) is 9.10. The molecule has 6 rings (SSSR count). The normalized spacial score (nSPS) is 18.6. The third-order valence-corrected chi connectivity index (χ3v) is 9.39. The van der Waals surface area contributed by atoms with Crippen LogP contribution in [0.1, 0.15) is 83.9 Å². The van der Waals surface area contributed by atoms with Gasteiger partial charge < -0.3 is 14.5 Å². The molecule has 8 nitrogen and oxygen atoms in total. The standard InChI is InChI=1S/C37H44ClN5O3/c1-22(2)27-18-12-16-26-15-9-8-13-25-14-10-11-17-28(25)31-30(38)19-29-33(40-35(44)43(32(26)27)34(29)39-31)41-20-24(4)42(21-23(41)3)36(45)46-37(5,6)7/h10-12,14,16-19,22-24H,8-9,13,15,20-21H2,1-7H3/t23-,24+/m0/s1. The van der Waals surface area contributed by atoms with Crippen LogP contribution in [-0.4, -0.2) is 56.3 Å². The van der Waals surface area contributed by atoms with Gasteiger partial charge in [0.15, 0.2) is 5.65 Å². The van der Waals surface area contributed by atoms with Gasteiger partial charge in [-0.25, -0.2) is 19.1 Å². The minimum absolute atomic E-state index is 0.141. The fourth-order valence-corrected chi connectivity index (χ4v) is 7.12. The van der Waals surface area contributed by atoms with Gasteiger partial charge in [0.1, 0.15) is 11.4 Å². The minimum Gasteiger partial charge on any atom is -0.444 e. The summed E-state index contributed by atoms with van der Waals surface area (Å²) in [6.07, 6.45) is 3.41. The van der Waals surface area contributed by atoms with Crippen molar-refractivity contribution in [3.8, 4) is 16.9 Å². The summed E-state index contributed by atoms with van der Waals surface area (Å²) < 4.78 is 7.43. The smallest absolute Gasteiger partial charge is 0.410 e. The quantitative estimate of drug-likeness (QED) is 0.221. The maximum atomic E-state index is 14.4. The molecule has 0 aliphatic carbocycles. The summed E-state index contributed by atoms with van der Waals surface area (Å²) in [5.74, 6) is 0.711. The van der Waals surface area contributed by atoms with Gasteiger partial charge in [-0.3, -0.25) is 0 Å². The van der Waals surface area contributed by atoms with E-state index in [4.69, 9.17) is 26.3 Å². The van der Waals surface area contributed by atoms with Gasteiger partial charge in [0.25, 0.3) is 0 Å². The number of rotatable bonds is 2. The van der Waals surface area contributed by atoms with Crippen LogP contribution < -0.4 is 10.6 Å². The van der Waals surface area contributed by atoms with Crippen LogP contribution in [0.2, 0.25) is 5.02 Å². The first-order valence-corrected chi connectivity index (χ1v) is 16.8. The molecular weight excluding hydrogens is 598 g/mol. The molecule has 0 saturated carbocycles. The number of anilines is 1. The third kappa shape index (κ3) is 5.99. The topological polar surface area (TPSA) is 80.6 Å². The van der Waals surface area contributed by atoms with Crippen molar-refractivity contribution in [2.75, 3.05) is 18.0 Å². The fraction of sp³-hybridized carbons (Fsp3) is 0.459. The summed E-state index contributed by atoms with van der Waals surface area (Å²) in [5, 5.41) is 1.22. The number of fused-ring (bicyclic) bond motifs is 5. The van der Waals surface area contributed by atoms with Gasteiger partial charge in [0.05, 0.1) is 21.8 Å². The van der Waals surface area contributed by atoms with Crippen molar-refractivity contribution in [2.24, 2.45) is 0 Å². The molecule has 1 saturated heterocycles. The van der Waals surface area contributed by atoms with E-state index in [9.17, 15) is 9.59 Å². The molecule has 9 heteroatoms. The largest absolute Gasteiger partial charge is 0.444 e. The molecule has 2 aliphatic heterocycles. The Bertz CT molecular complexity index is 1860. The van der Waals surface area contributed by atoms with Crippen molar-refractivity contribution < 1.29 is 9.53 Å². The summed E-state index contributed by atoms with van der Waals surface area (Å²) >= 11 is 7.11. The second-order valence-corrected chi connectivity index (χ2v) is 14.5. The first-order chi connectivity index (χ1) is 21.8. The monoisotopic (exact) mass is 641 g/mol. The van der Waals surface area contributed by atoms with Gasteiger partial charge in [-0.05, 0) is 89.0 Å². The molecule has 4 heterocycles. The highest BCUT2D eigenvalue weighted by molar-refractivity contribution is 6.34. The van der Waals surface area contributed by atoms with Gasteiger partial charge >= 0.3 is 11.8 Å². The predicted molar refractivity (Wildman–Crippen MR) is 186 cm³/mol. The summed E-state index contributed by atoms with van der Waals surface area (Å²) in [5.41, 5.74) is 5.47. The lowest BCUT2D eigenvalue weighted by Gasteiger charge is -2.44. The number of carbonyl (C=O) groups excluding carboxylic acids is 1. The van der Waals surface area contributed by atoms with Gasteiger partial charge in [-0.2, -0.15) is 4.98 Å². The summed E-state index contributed by atoms with van der Waals surface area (Å²) in [6, 6.07) is 16.2. The highest BCUT2D eigenvalue weighted by Crippen LogP contribution is 2.38. The van der Waals surface area contributed by atoms with Gasteiger partial charge in [0, 0.05) is 30.7 Å². The van der Waals surface area contributed by atoms with Crippen LogP contribution in [-0.2, 0) is 17.6 Å². The van der Waals surface area contributed by atoms with E-state index < -0.39 is 5.60 Å². The van der Waals surface area contributed by atoms with Crippen LogP contribution in [0.15, 0.2) is 53.3 Å². The second-order valence-electron chi connectivity index (χ2n) is 14.1. The molecule has 2 bridgehead atoms. The van der Waals surface area contributed by atoms with Crippen LogP contribution in [0.5, 0.6) is 0 Å². The minimum atomic E-state index is -0.593. The lowest BCUT2D eigenvalue weighted by atomic mass is 9.93. The average Bonchev–Trinajstić information content (AvgIpc) is 2.98. The molecule has 242 valence electrons. The molecule has 2 aromatic carbocycles. The number of piperazine rings is 1. The van der Waals surface area contributed by atoms with E-state index in [-0.39, 0.29) is 29.8 Å². The SMILES string of the molecule is CC(C)c1cccc2c1-n1c(=O)nc(N3C[C@@H](C)N(C(=O)OC(C)(C)C)C[C@@H]3C)c3cc(Cl)c(nc31)-c1ccccc1CCCC2.